The number of benzene rings is 1. The quantitative estimate of drug-likeness (QED) is 0.878. The van der Waals surface area contributed by atoms with E-state index in [9.17, 15) is 4.39 Å². The molecular formula is C15H17FN2. The van der Waals surface area contributed by atoms with Crippen LogP contribution in [0.3, 0.4) is 0 Å². The summed E-state index contributed by atoms with van der Waals surface area (Å²) in [5.74, 6) is 0.522. The maximum Gasteiger partial charge on any atom is 0.132 e. The molecule has 0 saturated carbocycles. The van der Waals surface area contributed by atoms with E-state index in [1.807, 2.05) is 12.1 Å². The number of hydrogen-bond acceptors (Lipinski definition) is 2. The van der Waals surface area contributed by atoms with Gasteiger partial charge in [-0.05, 0) is 62.0 Å². The normalized spacial score (nSPS) is 17.2. The highest BCUT2D eigenvalue weighted by atomic mass is 19.1. The molecule has 0 amide bonds. The first-order chi connectivity index (χ1) is 8.84. The van der Waals surface area contributed by atoms with Crippen LogP contribution in [0, 0.1) is 11.7 Å². The molecule has 1 saturated heterocycles. The van der Waals surface area contributed by atoms with Gasteiger partial charge in [0.15, 0.2) is 0 Å². The minimum atomic E-state index is -0.174. The third-order valence-corrected chi connectivity index (χ3v) is 3.77. The lowest BCUT2D eigenvalue weighted by Gasteiger charge is -2.22. The van der Waals surface area contributed by atoms with Crippen molar-refractivity contribution in [1.82, 2.24) is 10.3 Å². The third-order valence-electron chi connectivity index (χ3n) is 3.77. The van der Waals surface area contributed by atoms with Crippen molar-refractivity contribution in [1.29, 1.82) is 0 Å². The van der Waals surface area contributed by atoms with Crippen LogP contribution in [0.2, 0.25) is 0 Å². The summed E-state index contributed by atoms with van der Waals surface area (Å²) in [5.41, 5.74) is 2.01. The predicted molar refractivity (Wildman–Crippen MR) is 71.0 cm³/mol. The number of fused-ring (bicyclic) bond motifs is 1. The highest BCUT2D eigenvalue weighted by molar-refractivity contribution is 5.82. The van der Waals surface area contributed by atoms with E-state index < -0.39 is 0 Å². The second-order valence-electron chi connectivity index (χ2n) is 5.00. The maximum absolute atomic E-state index is 13.7. The predicted octanol–water partition coefficient (Wildman–Crippen LogP) is 2.92. The Labute approximate surface area is 106 Å². The summed E-state index contributed by atoms with van der Waals surface area (Å²) in [6, 6.07) is 7.07. The number of nitrogens with one attached hydrogen (secondary N) is 1. The Morgan fingerprint density at radius 2 is 2.06 bits per heavy atom. The van der Waals surface area contributed by atoms with Crippen molar-refractivity contribution in [3.8, 4) is 0 Å². The van der Waals surface area contributed by atoms with Gasteiger partial charge < -0.3 is 5.32 Å². The fraction of sp³-hybridized carbons (Fsp3) is 0.400. The Morgan fingerprint density at radius 1 is 1.22 bits per heavy atom. The molecule has 2 nitrogen and oxygen atoms in total. The zero-order valence-corrected chi connectivity index (χ0v) is 10.3. The monoisotopic (exact) mass is 244 g/mol. The van der Waals surface area contributed by atoms with Crippen molar-refractivity contribution in [2.24, 2.45) is 5.92 Å². The molecule has 0 unspecified atom stereocenters. The summed E-state index contributed by atoms with van der Waals surface area (Å²) >= 11 is 0. The zero-order chi connectivity index (χ0) is 12.4. The second-order valence-corrected chi connectivity index (χ2v) is 5.00. The molecular weight excluding hydrogens is 227 g/mol. The number of halogens is 1. The van der Waals surface area contributed by atoms with Crippen LogP contribution < -0.4 is 5.32 Å². The van der Waals surface area contributed by atoms with E-state index in [0.29, 0.717) is 11.3 Å². The van der Waals surface area contributed by atoms with Gasteiger partial charge in [-0.1, -0.05) is 6.07 Å². The fourth-order valence-corrected chi connectivity index (χ4v) is 2.76. The number of hydrogen-bond donors (Lipinski definition) is 1. The number of piperidine rings is 1. The van der Waals surface area contributed by atoms with Crippen LogP contribution in [0.5, 0.6) is 0 Å². The zero-order valence-electron chi connectivity index (χ0n) is 10.3. The van der Waals surface area contributed by atoms with Crippen molar-refractivity contribution < 1.29 is 4.39 Å². The highest BCUT2D eigenvalue weighted by Crippen LogP contribution is 2.24. The fourth-order valence-electron chi connectivity index (χ4n) is 2.76. The summed E-state index contributed by atoms with van der Waals surface area (Å²) in [5, 5.41) is 4.01. The molecule has 1 aliphatic rings. The van der Waals surface area contributed by atoms with Crippen LogP contribution in [0.1, 0.15) is 18.4 Å². The van der Waals surface area contributed by atoms with Gasteiger partial charge in [-0.15, -0.1) is 0 Å². The standard InChI is InChI=1S/C15H17FN2/c16-14-4-3-12(10-11-5-8-17-9-6-11)15-13(14)2-1-7-18-15/h1-4,7,11,17H,5-6,8-10H2. The number of nitrogens with zero attached hydrogens (tertiary/aromatic N) is 1. The Bertz CT molecular complexity index is 547. The average molecular weight is 244 g/mol. The van der Waals surface area contributed by atoms with Gasteiger partial charge in [0.1, 0.15) is 5.82 Å². The van der Waals surface area contributed by atoms with E-state index in [2.05, 4.69) is 10.3 Å². The average Bonchev–Trinajstić information content (AvgIpc) is 2.44. The molecule has 0 atom stereocenters. The van der Waals surface area contributed by atoms with Gasteiger partial charge in [0.2, 0.25) is 0 Å². The molecule has 0 radical (unpaired) electrons. The van der Waals surface area contributed by atoms with Gasteiger partial charge in [-0.25, -0.2) is 4.39 Å². The van der Waals surface area contributed by atoms with E-state index in [1.54, 1.807) is 18.3 Å². The van der Waals surface area contributed by atoms with Crippen LogP contribution in [-0.2, 0) is 6.42 Å². The minimum Gasteiger partial charge on any atom is -0.317 e. The van der Waals surface area contributed by atoms with Gasteiger partial charge in [0.05, 0.1) is 5.52 Å². The smallest absolute Gasteiger partial charge is 0.132 e. The van der Waals surface area contributed by atoms with Gasteiger partial charge in [-0.3, -0.25) is 4.98 Å². The molecule has 0 bridgehead atoms. The SMILES string of the molecule is Fc1ccc(CC2CCNCC2)c2ncccc12. The van der Waals surface area contributed by atoms with Crippen molar-refractivity contribution in [2.45, 2.75) is 19.3 Å². The topological polar surface area (TPSA) is 24.9 Å². The van der Waals surface area contributed by atoms with Crippen molar-refractivity contribution in [3.05, 3.63) is 41.8 Å². The van der Waals surface area contributed by atoms with E-state index in [4.69, 9.17) is 0 Å². The number of rotatable bonds is 2. The lowest BCUT2D eigenvalue weighted by molar-refractivity contribution is 0.373. The Kier molecular flexibility index (Phi) is 3.24. The van der Waals surface area contributed by atoms with Gasteiger partial charge >= 0.3 is 0 Å². The first-order valence-corrected chi connectivity index (χ1v) is 6.57. The summed E-state index contributed by atoms with van der Waals surface area (Å²) in [7, 11) is 0. The summed E-state index contributed by atoms with van der Waals surface area (Å²) < 4.78 is 13.7. The van der Waals surface area contributed by atoms with Crippen molar-refractivity contribution >= 4 is 10.9 Å². The third kappa shape index (κ3) is 2.23. The van der Waals surface area contributed by atoms with Crippen LogP contribution in [0.25, 0.3) is 10.9 Å². The van der Waals surface area contributed by atoms with Crippen LogP contribution in [0.15, 0.2) is 30.5 Å². The van der Waals surface area contributed by atoms with E-state index in [1.165, 1.54) is 18.4 Å². The van der Waals surface area contributed by atoms with Crippen LogP contribution in [-0.4, -0.2) is 18.1 Å². The number of pyridine rings is 1. The van der Waals surface area contributed by atoms with Gasteiger partial charge in [-0.2, -0.15) is 0 Å². The maximum atomic E-state index is 13.7. The summed E-state index contributed by atoms with van der Waals surface area (Å²) in [4.78, 5) is 4.35. The van der Waals surface area contributed by atoms with E-state index >= 15 is 0 Å². The molecule has 1 aromatic carbocycles. The first kappa shape index (κ1) is 11.6. The highest BCUT2D eigenvalue weighted by Gasteiger charge is 2.16. The molecule has 94 valence electrons. The second kappa shape index (κ2) is 5.02. The molecule has 2 aromatic rings. The number of aromatic nitrogens is 1. The molecule has 3 rings (SSSR count). The molecule has 1 aromatic heterocycles. The Hall–Kier alpha value is -1.48. The van der Waals surface area contributed by atoms with Crippen molar-refractivity contribution in [3.63, 3.8) is 0 Å². The lowest BCUT2D eigenvalue weighted by Crippen LogP contribution is -2.28. The van der Waals surface area contributed by atoms with Crippen molar-refractivity contribution in [2.75, 3.05) is 13.1 Å². The molecule has 2 heterocycles. The first-order valence-electron chi connectivity index (χ1n) is 6.57. The van der Waals surface area contributed by atoms with Gasteiger partial charge in [0, 0.05) is 11.6 Å². The van der Waals surface area contributed by atoms with E-state index in [-0.39, 0.29) is 5.82 Å². The molecule has 1 fully saturated rings. The van der Waals surface area contributed by atoms with E-state index in [0.717, 1.165) is 25.0 Å². The molecule has 0 aliphatic carbocycles. The largest absolute Gasteiger partial charge is 0.317 e. The molecule has 1 aliphatic heterocycles. The Balaban J connectivity index is 1.94. The molecule has 3 heteroatoms. The van der Waals surface area contributed by atoms with Crippen LogP contribution >= 0.6 is 0 Å². The Morgan fingerprint density at radius 3 is 2.89 bits per heavy atom. The van der Waals surface area contributed by atoms with Crippen LogP contribution in [0.4, 0.5) is 4.39 Å². The summed E-state index contributed by atoms with van der Waals surface area (Å²) in [6.07, 6.45) is 5.15. The molecule has 18 heavy (non-hydrogen) atoms. The van der Waals surface area contributed by atoms with Gasteiger partial charge in [0.25, 0.3) is 0 Å². The minimum absolute atomic E-state index is 0.174. The lowest BCUT2D eigenvalue weighted by atomic mass is 9.90. The molecule has 1 N–H and O–H groups in total. The summed E-state index contributed by atoms with van der Waals surface area (Å²) in [6.45, 7) is 2.19. The molecule has 0 spiro atoms.